The highest BCUT2D eigenvalue weighted by molar-refractivity contribution is 4.92. The van der Waals surface area contributed by atoms with Gasteiger partial charge in [0.2, 0.25) is 0 Å². The predicted octanol–water partition coefficient (Wildman–Crippen LogP) is 3.03. The largest absolute Gasteiger partial charge is 0.311 e. The van der Waals surface area contributed by atoms with Crippen LogP contribution in [0.3, 0.4) is 0 Å². The molecule has 0 spiro atoms. The number of hydrogen-bond acceptors (Lipinski definition) is 2. The molecule has 0 aromatic rings. The van der Waals surface area contributed by atoms with Crippen molar-refractivity contribution < 1.29 is 0 Å². The van der Waals surface area contributed by atoms with Gasteiger partial charge in [-0.25, -0.2) is 0 Å². The van der Waals surface area contributed by atoms with Crippen molar-refractivity contribution in [1.82, 2.24) is 10.2 Å². The van der Waals surface area contributed by atoms with E-state index in [1.165, 1.54) is 64.6 Å². The van der Waals surface area contributed by atoms with Gasteiger partial charge in [-0.15, -0.1) is 0 Å². The van der Waals surface area contributed by atoms with E-state index < -0.39 is 0 Å². The third kappa shape index (κ3) is 3.08. The molecule has 3 heterocycles. The maximum absolute atomic E-state index is 3.76. The fourth-order valence-corrected chi connectivity index (χ4v) is 4.16. The zero-order valence-electron chi connectivity index (χ0n) is 12.3. The van der Waals surface area contributed by atoms with Crippen LogP contribution in [0.2, 0.25) is 0 Å². The van der Waals surface area contributed by atoms with E-state index in [1.807, 2.05) is 0 Å². The van der Waals surface area contributed by atoms with Gasteiger partial charge in [0.1, 0.15) is 0 Å². The summed E-state index contributed by atoms with van der Waals surface area (Å²) in [5.41, 5.74) is 0.602. The van der Waals surface area contributed by atoms with Gasteiger partial charge < -0.3 is 10.2 Å². The molecule has 2 unspecified atom stereocenters. The SMILES string of the molecule is CC1(C)CCN(CCC2CC3CCC(C2)N3)CC1. The average Bonchev–Trinajstić information content (AvgIpc) is 2.67. The summed E-state index contributed by atoms with van der Waals surface area (Å²) in [5.74, 6) is 1.01. The van der Waals surface area contributed by atoms with E-state index in [9.17, 15) is 0 Å². The first-order valence-corrected chi connectivity index (χ1v) is 8.09. The average molecular weight is 250 g/mol. The summed E-state index contributed by atoms with van der Waals surface area (Å²) in [5, 5.41) is 3.76. The van der Waals surface area contributed by atoms with E-state index >= 15 is 0 Å². The molecule has 0 radical (unpaired) electrons. The highest BCUT2D eigenvalue weighted by atomic mass is 15.1. The molecule has 104 valence electrons. The number of piperidine rings is 2. The van der Waals surface area contributed by atoms with E-state index in [0.717, 1.165) is 18.0 Å². The fourth-order valence-electron chi connectivity index (χ4n) is 4.16. The quantitative estimate of drug-likeness (QED) is 0.828. The van der Waals surface area contributed by atoms with Gasteiger partial charge in [0.15, 0.2) is 0 Å². The predicted molar refractivity (Wildman–Crippen MR) is 76.7 cm³/mol. The molecule has 0 amide bonds. The van der Waals surface area contributed by atoms with Crippen LogP contribution in [0.1, 0.15) is 58.8 Å². The van der Waals surface area contributed by atoms with Gasteiger partial charge in [0.05, 0.1) is 0 Å². The molecule has 3 fully saturated rings. The lowest BCUT2D eigenvalue weighted by molar-refractivity contribution is 0.121. The summed E-state index contributed by atoms with van der Waals surface area (Å²) in [6.45, 7) is 8.89. The van der Waals surface area contributed by atoms with Gasteiger partial charge in [-0.2, -0.15) is 0 Å². The lowest BCUT2D eigenvalue weighted by Crippen LogP contribution is -2.41. The number of nitrogens with one attached hydrogen (secondary N) is 1. The molecule has 0 aromatic carbocycles. The van der Waals surface area contributed by atoms with Crippen molar-refractivity contribution in [3.63, 3.8) is 0 Å². The second-order valence-corrected chi connectivity index (χ2v) is 7.77. The number of nitrogens with zero attached hydrogens (tertiary/aromatic N) is 1. The zero-order valence-corrected chi connectivity index (χ0v) is 12.3. The second kappa shape index (κ2) is 5.13. The van der Waals surface area contributed by atoms with Crippen LogP contribution < -0.4 is 5.32 Å². The highest BCUT2D eigenvalue weighted by Crippen LogP contribution is 2.34. The Labute approximate surface area is 113 Å². The first kappa shape index (κ1) is 12.9. The first-order chi connectivity index (χ1) is 8.61. The normalized spacial score (nSPS) is 40.0. The van der Waals surface area contributed by atoms with Crippen LogP contribution in [0.5, 0.6) is 0 Å². The highest BCUT2D eigenvalue weighted by Gasteiger charge is 2.33. The minimum Gasteiger partial charge on any atom is -0.311 e. The molecule has 2 nitrogen and oxygen atoms in total. The summed E-state index contributed by atoms with van der Waals surface area (Å²) in [6.07, 6.45) is 10.0. The zero-order chi connectivity index (χ0) is 12.6. The standard InChI is InChI=1S/C16H30N2/c1-16(2)6-9-18(10-7-16)8-5-13-11-14-3-4-15(12-13)17-14/h13-15,17H,3-12H2,1-2H3. The molecular weight excluding hydrogens is 220 g/mol. The Morgan fingerprint density at radius 3 is 2.28 bits per heavy atom. The van der Waals surface area contributed by atoms with Crippen LogP contribution in [0.15, 0.2) is 0 Å². The maximum atomic E-state index is 3.76. The summed E-state index contributed by atoms with van der Waals surface area (Å²) in [4.78, 5) is 2.72. The van der Waals surface area contributed by atoms with Gasteiger partial charge in [-0.3, -0.25) is 0 Å². The Morgan fingerprint density at radius 1 is 1.06 bits per heavy atom. The molecule has 0 aliphatic carbocycles. The van der Waals surface area contributed by atoms with Gasteiger partial charge in [-0.1, -0.05) is 13.8 Å². The van der Waals surface area contributed by atoms with Crippen LogP contribution in [0.4, 0.5) is 0 Å². The van der Waals surface area contributed by atoms with Crippen molar-refractivity contribution in [3.8, 4) is 0 Å². The molecule has 3 saturated heterocycles. The van der Waals surface area contributed by atoms with Crippen LogP contribution in [-0.4, -0.2) is 36.6 Å². The molecule has 2 heteroatoms. The van der Waals surface area contributed by atoms with Gasteiger partial charge in [0, 0.05) is 12.1 Å². The van der Waals surface area contributed by atoms with E-state index in [-0.39, 0.29) is 0 Å². The molecular formula is C16H30N2. The van der Waals surface area contributed by atoms with Crippen molar-refractivity contribution in [1.29, 1.82) is 0 Å². The molecule has 2 bridgehead atoms. The summed E-state index contributed by atoms with van der Waals surface area (Å²) < 4.78 is 0. The van der Waals surface area contributed by atoms with Crippen molar-refractivity contribution in [2.24, 2.45) is 11.3 Å². The number of likely N-dealkylation sites (tertiary alicyclic amines) is 1. The monoisotopic (exact) mass is 250 g/mol. The van der Waals surface area contributed by atoms with Gasteiger partial charge >= 0.3 is 0 Å². The molecule has 2 atom stereocenters. The van der Waals surface area contributed by atoms with E-state index in [4.69, 9.17) is 0 Å². The van der Waals surface area contributed by atoms with E-state index in [0.29, 0.717) is 5.41 Å². The van der Waals surface area contributed by atoms with Crippen LogP contribution in [-0.2, 0) is 0 Å². The van der Waals surface area contributed by atoms with E-state index in [1.54, 1.807) is 0 Å². The van der Waals surface area contributed by atoms with E-state index in [2.05, 4.69) is 24.1 Å². The Balaban J connectivity index is 1.40. The molecule has 1 N–H and O–H groups in total. The number of fused-ring (bicyclic) bond motifs is 2. The minimum absolute atomic E-state index is 0.602. The molecule has 18 heavy (non-hydrogen) atoms. The molecule has 3 aliphatic rings. The Bertz CT molecular complexity index is 265. The Hall–Kier alpha value is -0.0800. The lowest BCUT2D eigenvalue weighted by atomic mass is 9.82. The third-order valence-corrected chi connectivity index (χ3v) is 5.63. The van der Waals surface area contributed by atoms with Crippen LogP contribution in [0.25, 0.3) is 0 Å². The van der Waals surface area contributed by atoms with Crippen molar-refractivity contribution >= 4 is 0 Å². The van der Waals surface area contributed by atoms with Gasteiger partial charge in [-0.05, 0) is 75.9 Å². The Morgan fingerprint density at radius 2 is 1.67 bits per heavy atom. The first-order valence-electron chi connectivity index (χ1n) is 8.09. The number of hydrogen-bond donors (Lipinski definition) is 1. The van der Waals surface area contributed by atoms with Crippen molar-refractivity contribution in [2.75, 3.05) is 19.6 Å². The molecule has 3 aliphatic heterocycles. The van der Waals surface area contributed by atoms with Crippen molar-refractivity contribution in [3.05, 3.63) is 0 Å². The smallest absolute Gasteiger partial charge is 0.00728 e. The topological polar surface area (TPSA) is 15.3 Å². The minimum atomic E-state index is 0.602. The summed E-state index contributed by atoms with van der Waals surface area (Å²) in [6, 6.07) is 1.74. The third-order valence-electron chi connectivity index (χ3n) is 5.63. The maximum Gasteiger partial charge on any atom is 0.00728 e. The molecule has 3 rings (SSSR count). The van der Waals surface area contributed by atoms with Crippen molar-refractivity contribution in [2.45, 2.75) is 70.9 Å². The lowest BCUT2D eigenvalue weighted by Gasteiger charge is -2.38. The van der Waals surface area contributed by atoms with Crippen LogP contribution in [0, 0.1) is 11.3 Å². The number of rotatable bonds is 3. The van der Waals surface area contributed by atoms with Gasteiger partial charge in [0.25, 0.3) is 0 Å². The summed E-state index contributed by atoms with van der Waals surface area (Å²) >= 11 is 0. The fraction of sp³-hybridized carbons (Fsp3) is 1.00. The Kier molecular flexibility index (Phi) is 3.68. The molecule has 0 aromatic heterocycles. The molecule has 0 saturated carbocycles. The van der Waals surface area contributed by atoms with Crippen LogP contribution >= 0.6 is 0 Å². The summed E-state index contributed by atoms with van der Waals surface area (Å²) in [7, 11) is 0. The second-order valence-electron chi connectivity index (χ2n) is 7.77.